The predicted octanol–water partition coefficient (Wildman–Crippen LogP) is 3.72. The van der Waals surface area contributed by atoms with Crippen molar-refractivity contribution in [1.82, 2.24) is 40.0 Å². The summed E-state index contributed by atoms with van der Waals surface area (Å²) in [6, 6.07) is 14.7. The van der Waals surface area contributed by atoms with Gasteiger partial charge in [-0.05, 0) is 100 Å². The minimum atomic E-state index is -0.959. The number of hydrogen-bond acceptors (Lipinski definition) is 11. The lowest BCUT2D eigenvalue weighted by atomic mass is 9.86. The van der Waals surface area contributed by atoms with Crippen LogP contribution in [-0.2, 0) is 20.8 Å². The molecule has 3 saturated heterocycles. The summed E-state index contributed by atoms with van der Waals surface area (Å²) in [5.74, 6) is 0.178. The monoisotopic (exact) mass is 786 g/mol. The van der Waals surface area contributed by atoms with Crippen LogP contribution < -0.4 is 20.9 Å². The van der Waals surface area contributed by atoms with Crippen molar-refractivity contribution in [3.8, 4) is 0 Å². The molecule has 1 aliphatic carbocycles. The SMILES string of the molecule is O=C1CCC(N2C(=O)c3ccc(N4CCC(CN5CCC(CCNc6ncnc7c6ncn7C6CC(NC(=O)Cc7ccccc7)C6)CC5)CC4)cc3C2=O)C(=O)N1. The van der Waals surface area contributed by atoms with Crippen LogP contribution in [0, 0.1) is 11.8 Å². The normalized spacial score (nSPS) is 23.2. The molecule has 302 valence electrons. The first-order valence-electron chi connectivity index (χ1n) is 20.8. The van der Waals surface area contributed by atoms with E-state index >= 15 is 0 Å². The van der Waals surface area contributed by atoms with Crippen LogP contribution in [0.5, 0.6) is 0 Å². The molecule has 9 rings (SSSR count). The van der Waals surface area contributed by atoms with E-state index in [1.807, 2.05) is 42.7 Å². The Kier molecular flexibility index (Phi) is 10.6. The summed E-state index contributed by atoms with van der Waals surface area (Å²) in [6.07, 6.45) is 11.4. The summed E-state index contributed by atoms with van der Waals surface area (Å²) in [6.45, 7) is 5.90. The fourth-order valence-electron chi connectivity index (χ4n) is 9.49. The first kappa shape index (κ1) is 37.9. The number of likely N-dealkylation sites (tertiary alicyclic amines) is 1. The molecule has 4 aliphatic heterocycles. The molecule has 6 heterocycles. The Labute approximate surface area is 337 Å². The second-order valence-electron chi connectivity index (χ2n) is 16.7. The minimum Gasteiger partial charge on any atom is -0.371 e. The highest BCUT2D eigenvalue weighted by Crippen LogP contribution is 2.36. The van der Waals surface area contributed by atoms with E-state index in [0.717, 1.165) is 105 Å². The first-order valence-corrected chi connectivity index (χ1v) is 20.8. The molecular weight excluding hydrogens is 737 g/mol. The van der Waals surface area contributed by atoms with Gasteiger partial charge in [0.1, 0.15) is 17.9 Å². The van der Waals surface area contributed by atoms with Crippen molar-refractivity contribution >= 4 is 52.2 Å². The number of imide groups is 2. The van der Waals surface area contributed by atoms with Gasteiger partial charge < -0.3 is 25.0 Å². The number of imidazole rings is 1. The van der Waals surface area contributed by atoms with Crippen LogP contribution in [0.2, 0.25) is 0 Å². The Morgan fingerprint density at radius 1 is 0.828 bits per heavy atom. The van der Waals surface area contributed by atoms with E-state index in [2.05, 4.69) is 45.3 Å². The molecule has 15 heteroatoms. The van der Waals surface area contributed by atoms with E-state index in [0.29, 0.717) is 29.4 Å². The summed E-state index contributed by atoms with van der Waals surface area (Å²) in [4.78, 5) is 82.8. The third-order valence-corrected chi connectivity index (χ3v) is 12.9. The van der Waals surface area contributed by atoms with Gasteiger partial charge in [0.05, 0.1) is 23.9 Å². The van der Waals surface area contributed by atoms with Crippen molar-refractivity contribution in [3.63, 3.8) is 0 Å². The number of piperidine rings is 3. The summed E-state index contributed by atoms with van der Waals surface area (Å²) in [7, 11) is 0. The topological polar surface area (TPSA) is 175 Å². The molecule has 2 aromatic carbocycles. The molecule has 0 bridgehead atoms. The van der Waals surface area contributed by atoms with Crippen LogP contribution in [0.1, 0.15) is 90.1 Å². The fraction of sp³-hybridized carbons (Fsp3) is 0.488. The predicted molar refractivity (Wildman–Crippen MR) is 216 cm³/mol. The third kappa shape index (κ3) is 7.79. The summed E-state index contributed by atoms with van der Waals surface area (Å²) < 4.78 is 2.13. The van der Waals surface area contributed by atoms with Gasteiger partial charge in [-0.1, -0.05) is 30.3 Å². The zero-order valence-corrected chi connectivity index (χ0v) is 32.6. The van der Waals surface area contributed by atoms with Gasteiger partial charge in [-0.25, -0.2) is 15.0 Å². The van der Waals surface area contributed by atoms with E-state index in [1.165, 1.54) is 12.8 Å². The zero-order valence-electron chi connectivity index (χ0n) is 32.6. The Hall–Kier alpha value is -5.70. The van der Waals surface area contributed by atoms with Crippen molar-refractivity contribution in [2.45, 2.75) is 82.3 Å². The molecule has 0 radical (unpaired) electrons. The van der Waals surface area contributed by atoms with Gasteiger partial charge >= 0.3 is 0 Å². The molecule has 4 fully saturated rings. The van der Waals surface area contributed by atoms with Gasteiger partial charge in [0.2, 0.25) is 17.7 Å². The molecule has 1 unspecified atom stereocenters. The van der Waals surface area contributed by atoms with Gasteiger partial charge in [0, 0.05) is 50.4 Å². The molecule has 5 aliphatic rings. The Morgan fingerprint density at radius 3 is 2.36 bits per heavy atom. The van der Waals surface area contributed by atoms with E-state index in [4.69, 9.17) is 0 Å². The maximum atomic E-state index is 13.3. The zero-order chi connectivity index (χ0) is 39.8. The summed E-state index contributed by atoms with van der Waals surface area (Å²) in [5.41, 5.74) is 4.19. The number of rotatable bonds is 12. The Bertz CT molecular complexity index is 2210. The van der Waals surface area contributed by atoms with Crippen LogP contribution in [0.3, 0.4) is 0 Å². The van der Waals surface area contributed by atoms with Crippen LogP contribution in [-0.4, -0.2) is 110 Å². The number of fused-ring (bicyclic) bond motifs is 2. The third-order valence-electron chi connectivity index (χ3n) is 12.9. The molecule has 15 nitrogen and oxygen atoms in total. The van der Waals surface area contributed by atoms with Crippen LogP contribution >= 0.6 is 0 Å². The Balaban J connectivity index is 0.691. The summed E-state index contributed by atoms with van der Waals surface area (Å²) >= 11 is 0. The molecule has 58 heavy (non-hydrogen) atoms. The van der Waals surface area contributed by atoms with E-state index in [1.54, 1.807) is 18.5 Å². The van der Waals surface area contributed by atoms with E-state index in [-0.39, 0.29) is 36.7 Å². The van der Waals surface area contributed by atoms with Crippen molar-refractivity contribution < 1.29 is 24.0 Å². The molecule has 3 N–H and O–H groups in total. The molecule has 0 spiro atoms. The average Bonchev–Trinajstić information content (AvgIpc) is 3.75. The van der Waals surface area contributed by atoms with Gasteiger partial charge in [-0.2, -0.15) is 0 Å². The molecule has 2 aromatic heterocycles. The van der Waals surface area contributed by atoms with Crippen molar-refractivity contribution in [2.75, 3.05) is 49.5 Å². The standard InChI is InChI=1S/C43H50N10O5/c54-36-9-8-35(41(56)49-36)53-42(57)33-7-6-31(23-34(33)43(53)58)51-18-13-29(14-19-51)24-50-16-11-27(12-17-50)10-15-44-39-38-40(46-25-45-39)52(26-47-38)32-21-30(22-32)48-37(55)20-28-4-2-1-3-5-28/h1-7,23,25-27,29-30,32,35H,8-22,24H2,(H,48,55)(H,44,45,46)(H,49,54,56). The maximum Gasteiger partial charge on any atom is 0.262 e. The molecule has 4 aromatic rings. The lowest BCUT2D eigenvalue weighted by Gasteiger charge is -2.38. The van der Waals surface area contributed by atoms with Crippen molar-refractivity contribution in [3.05, 3.63) is 77.9 Å². The number of amides is 5. The molecular formula is C43H50N10O5. The largest absolute Gasteiger partial charge is 0.371 e. The van der Waals surface area contributed by atoms with Gasteiger partial charge in [0.15, 0.2) is 11.5 Å². The van der Waals surface area contributed by atoms with Crippen LogP contribution in [0.25, 0.3) is 11.2 Å². The number of nitrogens with one attached hydrogen (secondary N) is 3. The van der Waals surface area contributed by atoms with Crippen LogP contribution in [0.4, 0.5) is 11.5 Å². The lowest BCUT2D eigenvalue weighted by Crippen LogP contribution is -2.54. The average molecular weight is 787 g/mol. The van der Waals surface area contributed by atoms with Gasteiger partial charge in [-0.15, -0.1) is 0 Å². The highest BCUT2D eigenvalue weighted by atomic mass is 16.2. The van der Waals surface area contributed by atoms with E-state index in [9.17, 15) is 24.0 Å². The van der Waals surface area contributed by atoms with Gasteiger partial charge in [-0.3, -0.25) is 34.2 Å². The molecule has 5 amide bonds. The van der Waals surface area contributed by atoms with Crippen molar-refractivity contribution in [1.29, 1.82) is 0 Å². The first-order chi connectivity index (χ1) is 28.3. The second-order valence-corrected chi connectivity index (χ2v) is 16.7. The quantitative estimate of drug-likeness (QED) is 0.179. The number of benzene rings is 2. The highest BCUT2D eigenvalue weighted by molar-refractivity contribution is 6.23. The molecule has 1 atom stereocenters. The summed E-state index contributed by atoms with van der Waals surface area (Å²) in [5, 5.41) is 8.97. The number of nitrogens with zero attached hydrogens (tertiary/aromatic N) is 7. The highest BCUT2D eigenvalue weighted by Gasteiger charge is 2.45. The minimum absolute atomic E-state index is 0.0562. The number of aromatic nitrogens is 4. The molecule has 1 saturated carbocycles. The number of anilines is 2. The second kappa shape index (κ2) is 16.3. The number of carbonyl (C=O) groups excluding carboxylic acids is 5. The number of carbonyl (C=O) groups is 5. The smallest absolute Gasteiger partial charge is 0.262 e. The van der Waals surface area contributed by atoms with E-state index < -0.39 is 23.8 Å². The van der Waals surface area contributed by atoms with Crippen LogP contribution in [0.15, 0.2) is 61.2 Å². The Morgan fingerprint density at radius 2 is 1.59 bits per heavy atom. The fourth-order valence-corrected chi connectivity index (χ4v) is 9.49. The van der Waals surface area contributed by atoms with Crippen molar-refractivity contribution in [2.24, 2.45) is 11.8 Å². The van der Waals surface area contributed by atoms with Gasteiger partial charge in [0.25, 0.3) is 11.8 Å². The number of hydrogen-bond donors (Lipinski definition) is 3. The maximum absolute atomic E-state index is 13.3. The lowest BCUT2D eigenvalue weighted by molar-refractivity contribution is -0.136.